The third-order valence-electron chi connectivity index (χ3n) is 3.46. The van der Waals surface area contributed by atoms with Crippen LogP contribution in [0.25, 0.3) is 0 Å². The Bertz CT molecular complexity index is 355. The van der Waals surface area contributed by atoms with E-state index in [0.717, 1.165) is 17.3 Å². The largest absolute Gasteiger partial charge is 0.321 e. The predicted molar refractivity (Wildman–Crippen MR) is 67.6 cm³/mol. The summed E-state index contributed by atoms with van der Waals surface area (Å²) in [7, 11) is 0. The molecule has 1 fully saturated rings. The van der Waals surface area contributed by atoms with Gasteiger partial charge in [0, 0.05) is 10.0 Å². The van der Waals surface area contributed by atoms with E-state index < -0.39 is 0 Å². The smallest absolute Gasteiger partial charge is 0.0414 e. The maximum Gasteiger partial charge on any atom is 0.0414 e. The summed E-state index contributed by atoms with van der Waals surface area (Å²) >= 11 is 3.45. The van der Waals surface area contributed by atoms with Crippen LogP contribution in [0.5, 0.6) is 0 Å². The molecular formula is C13H18BrN. The molecule has 2 rings (SSSR count). The summed E-state index contributed by atoms with van der Waals surface area (Å²) in [6.45, 7) is 4.61. The minimum absolute atomic E-state index is 0.107. The minimum Gasteiger partial charge on any atom is -0.321 e. The summed E-state index contributed by atoms with van der Waals surface area (Å²) in [4.78, 5) is 0. The van der Waals surface area contributed by atoms with Crippen molar-refractivity contribution in [2.24, 2.45) is 11.1 Å². The topological polar surface area (TPSA) is 26.0 Å². The molecule has 1 aliphatic rings. The lowest BCUT2D eigenvalue weighted by molar-refractivity contribution is 0.339. The third kappa shape index (κ3) is 2.26. The molecular weight excluding hydrogens is 250 g/mol. The molecule has 0 aliphatic heterocycles. The van der Waals surface area contributed by atoms with Crippen LogP contribution in [0.1, 0.15) is 38.7 Å². The predicted octanol–water partition coefficient (Wildman–Crippen LogP) is 3.81. The van der Waals surface area contributed by atoms with E-state index in [2.05, 4.69) is 54.0 Å². The van der Waals surface area contributed by atoms with E-state index in [0.29, 0.717) is 5.41 Å². The van der Waals surface area contributed by atoms with Crippen molar-refractivity contribution in [2.75, 3.05) is 0 Å². The van der Waals surface area contributed by atoms with Gasteiger partial charge in [-0.1, -0.05) is 41.9 Å². The highest BCUT2D eigenvalue weighted by atomic mass is 79.9. The quantitative estimate of drug-likeness (QED) is 0.823. The Hall–Kier alpha value is -0.340. The first-order chi connectivity index (χ1) is 6.91. The second kappa shape index (κ2) is 3.60. The molecule has 0 radical (unpaired) electrons. The third-order valence-corrected chi connectivity index (χ3v) is 3.99. The zero-order chi connectivity index (χ0) is 11.1. The van der Waals surface area contributed by atoms with E-state index in [-0.39, 0.29) is 5.54 Å². The average Bonchev–Trinajstić information content (AvgIpc) is 2.43. The van der Waals surface area contributed by atoms with Crippen molar-refractivity contribution in [3.63, 3.8) is 0 Å². The number of halogens is 1. The molecule has 2 heteroatoms. The molecule has 1 unspecified atom stereocenters. The number of hydrogen-bond donors (Lipinski definition) is 1. The number of hydrogen-bond acceptors (Lipinski definition) is 1. The summed E-state index contributed by atoms with van der Waals surface area (Å²) < 4.78 is 1.12. The zero-order valence-electron chi connectivity index (χ0n) is 9.39. The zero-order valence-corrected chi connectivity index (χ0v) is 11.0. The molecule has 0 aromatic heterocycles. The Labute approximate surface area is 100 Å². The molecule has 0 heterocycles. The van der Waals surface area contributed by atoms with E-state index in [1.165, 1.54) is 12.0 Å². The molecule has 1 nitrogen and oxygen atoms in total. The SMILES string of the molecule is CC1(C)CCC(N)(c2ccc(Br)cc2)C1. The molecule has 0 saturated heterocycles. The van der Waals surface area contributed by atoms with Gasteiger partial charge in [0.1, 0.15) is 0 Å². The molecule has 1 atom stereocenters. The highest BCUT2D eigenvalue weighted by Crippen LogP contribution is 2.47. The van der Waals surface area contributed by atoms with E-state index in [1.807, 2.05) is 0 Å². The standard InChI is InChI=1S/C13H18BrN/c1-12(2)7-8-13(15,9-12)10-3-5-11(14)6-4-10/h3-6H,7-9,15H2,1-2H3. The average molecular weight is 268 g/mol. The van der Waals surface area contributed by atoms with Crippen molar-refractivity contribution in [3.8, 4) is 0 Å². The van der Waals surface area contributed by atoms with Crippen LogP contribution in [0.2, 0.25) is 0 Å². The van der Waals surface area contributed by atoms with Crippen LogP contribution in [0, 0.1) is 5.41 Å². The van der Waals surface area contributed by atoms with Gasteiger partial charge in [-0.25, -0.2) is 0 Å². The Balaban J connectivity index is 2.27. The van der Waals surface area contributed by atoms with Crippen LogP contribution in [-0.4, -0.2) is 0 Å². The van der Waals surface area contributed by atoms with Crippen molar-refractivity contribution in [1.29, 1.82) is 0 Å². The molecule has 0 bridgehead atoms. The monoisotopic (exact) mass is 267 g/mol. The maximum absolute atomic E-state index is 6.49. The first-order valence-corrected chi connectivity index (χ1v) is 6.26. The van der Waals surface area contributed by atoms with E-state index in [1.54, 1.807) is 0 Å². The van der Waals surface area contributed by atoms with Crippen molar-refractivity contribution in [1.82, 2.24) is 0 Å². The molecule has 1 saturated carbocycles. The van der Waals surface area contributed by atoms with Crippen LogP contribution in [0.3, 0.4) is 0 Å². The van der Waals surface area contributed by atoms with Gasteiger partial charge in [-0.15, -0.1) is 0 Å². The first kappa shape index (κ1) is 11.2. The molecule has 1 aromatic rings. The van der Waals surface area contributed by atoms with Gasteiger partial charge < -0.3 is 5.73 Å². The fourth-order valence-corrected chi connectivity index (χ4v) is 2.88. The summed E-state index contributed by atoms with van der Waals surface area (Å²) in [5, 5.41) is 0. The Morgan fingerprint density at radius 3 is 2.20 bits per heavy atom. The second-order valence-corrected chi connectivity index (χ2v) is 6.42. The van der Waals surface area contributed by atoms with Crippen LogP contribution >= 0.6 is 15.9 Å². The molecule has 1 aromatic carbocycles. The first-order valence-electron chi connectivity index (χ1n) is 5.46. The molecule has 2 N–H and O–H groups in total. The van der Waals surface area contributed by atoms with Gasteiger partial charge in [-0.2, -0.15) is 0 Å². The van der Waals surface area contributed by atoms with Crippen molar-refractivity contribution >= 4 is 15.9 Å². The number of rotatable bonds is 1. The van der Waals surface area contributed by atoms with E-state index in [9.17, 15) is 0 Å². The van der Waals surface area contributed by atoms with Gasteiger partial charge >= 0.3 is 0 Å². The van der Waals surface area contributed by atoms with Crippen LogP contribution in [0.15, 0.2) is 28.7 Å². The molecule has 0 spiro atoms. The fraction of sp³-hybridized carbons (Fsp3) is 0.538. The van der Waals surface area contributed by atoms with Crippen LogP contribution < -0.4 is 5.73 Å². The van der Waals surface area contributed by atoms with Gasteiger partial charge in [0.2, 0.25) is 0 Å². The highest BCUT2D eigenvalue weighted by Gasteiger charge is 2.41. The molecule has 82 valence electrons. The summed E-state index contributed by atoms with van der Waals surface area (Å²) in [6.07, 6.45) is 3.41. The van der Waals surface area contributed by atoms with Gasteiger partial charge in [0.25, 0.3) is 0 Å². The van der Waals surface area contributed by atoms with Crippen molar-refractivity contribution in [3.05, 3.63) is 34.3 Å². The van der Waals surface area contributed by atoms with Crippen LogP contribution in [-0.2, 0) is 5.54 Å². The number of nitrogens with two attached hydrogens (primary N) is 1. The Kier molecular flexibility index (Phi) is 2.68. The van der Waals surface area contributed by atoms with E-state index >= 15 is 0 Å². The van der Waals surface area contributed by atoms with Gasteiger partial charge in [0.05, 0.1) is 0 Å². The normalized spacial score (nSPS) is 29.3. The summed E-state index contributed by atoms with van der Waals surface area (Å²) in [5.74, 6) is 0. The molecule has 1 aliphatic carbocycles. The fourth-order valence-electron chi connectivity index (χ4n) is 2.62. The second-order valence-electron chi connectivity index (χ2n) is 5.50. The summed E-state index contributed by atoms with van der Waals surface area (Å²) in [5.41, 5.74) is 8.05. The molecule has 15 heavy (non-hydrogen) atoms. The van der Waals surface area contributed by atoms with Gasteiger partial charge in [-0.3, -0.25) is 0 Å². The lowest BCUT2D eigenvalue weighted by atomic mass is 9.84. The van der Waals surface area contributed by atoms with Crippen molar-refractivity contribution < 1.29 is 0 Å². The number of benzene rings is 1. The minimum atomic E-state index is -0.107. The summed E-state index contributed by atoms with van der Waals surface area (Å²) in [6, 6.07) is 8.45. The Morgan fingerprint density at radius 2 is 1.73 bits per heavy atom. The Morgan fingerprint density at radius 1 is 1.13 bits per heavy atom. The van der Waals surface area contributed by atoms with Gasteiger partial charge in [-0.05, 0) is 42.4 Å². The van der Waals surface area contributed by atoms with Crippen molar-refractivity contribution in [2.45, 2.75) is 38.6 Å². The van der Waals surface area contributed by atoms with Gasteiger partial charge in [0.15, 0.2) is 0 Å². The lowest BCUT2D eigenvalue weighted by Gasteiger charge is -2.27. The molecule has 0 amide bonds. The maximum atomic E-state index is 6.49. The highest BCUT2D eigenvalue weighted by molar-refractivity contribution is 9.10. The van der Waals surface area contributed by atoms with E-state index in [4.69, 9.17) is 5.73 Å². The van der Waals surface area contributed by atoms with Crippen LogP contribution in [0.4, 0.5) is 0 Å². The lowest BCUT2D eigenvalue weighted by Crippen LogP contribution is -2.34.